The standard InChI is InChI=1S/C21H28FN7S/c1-5-16-18(27(4)19(24)30-20(3,22)10-23)17-9-15(8-14(2)29(17)26-16)28-7-6-21(13-28)11-25-12-21/h8-9,24-25H,5-7,11-13H2,1-4H3. The van der Waals surface area contributed by atoms with Crippen molar-refractivity contribution in [2.24, 2.45) is 5.41 Å². The number of hydrogen-bond donors (Lipinski definition) is 2. The van der Waals surface area contributed by atoms with Crippen molar-refractivity contribution in [1.82, 2.24) is 14.9 Å². The highest BCUT2D eigenvalue weighted by atomic mass is 32.2. The van der Waals surface area contributed by atoms with Gasteiger partial charge in [0, 0.05) is 50.0 Å². The molecule has 0 aliphatic carbocycles. The fraction of sp³-hybridized carbons (Fsp3) is 0.571. The van der Waals surface area contributed by atoms with E-state index < -0.39 is 5.00 Å². The molecule has 1 spiro atoms. The number of nitrogens with one attached hydrogen (secondary N) is 2. The number of halogens is 1. The average molecular weight is 430 g/mol. The van der Waals surface area contributed by atoms with Gasteiger partial charge in [0.1, 0.15) is 6.07 Å². The first-order valence-corrected chi connectivity index (χ1v) is 11.1. The Hall–Kier alpha value is -2.31. The van der Waals surface area contributed by atoms with E-state index in [1.807, 2.05) is 18.4 Å². The Balaban J connectivity index is 1.72. The molecule has 4 heterocycles. The van der Waals surface area contributed by atoms with Crippen molar-refractivity contribution in [3.8, 4) is 6.07 Å². The summed E-state index contributed by atoms with van der Waals surface area (Å²) < 4.78 is 16.1. The number of hydrogen-bond acceptors (Lipinski definition) is 6. The van der Waals surface area contributed by atoms with E-state index in [1.165, 1.54) is 13.3 Å². The molecule has 2 aliphatic heterocycles. The highest BCUT2D eigenvalue weighted by molar-refractivity contribution is 8.15. The number of aryl methyl sites for hydroxylation is 2. The van der Waals surface area contributed by atoms with Gasteiger partial charge in [0.15, 0.2) is 5.17 Å². The fourth-order valence-electron chi connectivity index (χ4n) is 4.41. The number of rotatable bonds is 4. The second-order valence-electron chi connectivity index (χ2n) is 8.57. The quantitative estimate of drug-likeness (QED) is 0.573. The number of fused-ring (bicyclic) bond motifs is 1. The molecule has 1 unspecified atom stereocenters. The molecule has 2 saturated heterocycles. The molecule has 160 valence electrons. The summed E-state index contributed by atoms with van der Waals surface area (Å²) in [6.45, 7) is 9.49. The van der Waals surface area contributed by atoms with E-state index in [0.29, 0.717) is 23.6 Å². The summed E-state index contributed by atoms with van der Waals surface area (Å²) in [6, 6.07) is 5.91. The Morgan fingerprint density at radius 1 is 1.50 bits per heavy atom. The highest BCUT2D eigenvalue weighted by Gasteiger charge is 2.43. The lowest BCUT2D eigenvalue weighted by Crippen LogP contribution is -2.54. The van der Waals surface area contributed by atoms with Crippen molar-refractivity contribution < 1.29 is 4.39 Å². The number of nitriles is 1. The molecule has 9 heteroatoms. The van der Waals surface area contributed by atoms with Gasteiger partial charge in [0.2, 0.25) is 5.00 Å². The van der Waals surface area contributed by atoms with Crippen LogP contribution in [0.5, 0.6) is 0 Å². The van der Waals surface area contributed by atoms with Gasteiger partial charge < -0.3 is 15.1 Å². The molecule has 0 radical (unpaired) electrons. The first-order valence-electron chi connectivity index (χ1n) is 10.3. The van der Waals surface area contributed by atoms with Gasteiger partial charge in [-0.2, -0.15) is 10.4 Å². The Morgan fingerprint density at radius 2 is 2.23 bits per heavy atom. The predicted octanol–water partition coefficient (Wildman–Crippen LogP) is 3.32. The van der Waals surface area contributed by atoms with Crippen LogP contribution in [0.3, 0.4) is 0 Å². The van der Waals surface area contributed by atoms with Crippen LogP contribution in [0.4, 0.5) is 15.8 Å². The van der Waals surface area contributed by atoms with Crippen molar-refractivity contribution in [3.05, 3.63) is 23.5 Å². The van der Waals surface area contributed by atoms with E-state index in [0.717, 1.165) is 54.5 Å². The number of pyridine rings is 1. The minimum Gasteiger partial charge on any atom is -0.371 e. The normalized spacial score (nSPS) is 19.5. The Kier molecular flexibility index (Phi) is 5.19. The minimum atomic E-state index is -2.15. The molecule has 0 aromatic carbocycles. The molecule has 0 bridgehead atoms. The summed E-state index contributed by atoms with van der Waals surface area (Å²) in [5.74, 6) is 0. The third-order valence-electron chi connectivity index (χ3n) is 6.21. The van der Waals surface area contributed by atoms with Gasteiger partial charge in [0.25, 0.3) is 0 Å². The van der Waals surface area contributed by atoms with Crippen LogP contribution in [-0.2, 0) is 6.42 Å². The number of anilines is 2. The Bertz CT molecular complexity index is 1030. The second-order valence-corrected chi connectivity index (χ2v) is 9.93. The van der Waals surface area contributed by atoms with Crippen LogP contribution in [0.1, 0.15) is 31.7 Å². The lowest BCUT2D eigenvalue weighted by Gasteiger charge is -2.39. The Labute approximate surface area is 180 Å². The lowest BCUT2D eigenvalue weighted by atomic mass is 9.81. The van der Waals surface area contributed by atoms with Crippen LogP contribution < -0.4 is 15.1 Å². The minimum absolute atomic E-state index is 0.0186. The van der Waals surface area contributed by atoms with Crippen LogP contribution >= 0.6 is 11.8 Å². The van der Waals surface area contributed by atoms with Crippen molar-refractivity contribution in [2.45, 2.75) is 38.6 Å². The molecule has 2 fully saturated rings. The zero-order valence-corrected chi connectivity index (χ0v) is 18.7. The molecule has 4 rings (SSSR count). The molecule has 2 aliphatic rings. The molecule has 0 saturated carbocycles. The van der Waals surface area contributed by atoms with Crippen LogP contribution in [0, 0.1) is 29.1 Å². The number of alkyl halides is 1. The summed E-state index contributed by atoms with van der Waals surface area (Å²) in [5, 5.41) is 23.4. The first kappa shape index (κ1) is 20.9. The zero-order chi connectivity index (χ0) is 21.7. The largest absolute Gasteiger partial charge is 0.371 e. The average Bonchev–Trinajstić information content (AvgIpc) is 3.29. The van der Waals surface area contributed by atoms with E-state index in [4.69, 9.17) is 15.8 Å². The third kappa shape index (κ3) is 3.52. The SMILES string of the molecule is CCc1nn2c(C)cc(N3CCC4(CNC4)C3)cc2c1N(C)C(=N)SC(C)(F)C#N. The van der Waals surface area contributed by atoms with Gasteiger partial charge in [-0.3, -0.25) is 5.41 Å². The van der Waals surface area contributed by atoms with Gasteiger partial charge in [-0.1, -0.05) is 6.92 Å². The van der Waals surface area contributed by atoms with Crippen LogP contribution in [-0.4, -0.2) is 53.0 Å². The highest BCUT2D eigenvalue weighted by Crippen LogP contribution is 2.39. The molecular weight excluding hydrogens is 401 g/mol. The number of nitrogens with zero attached hydrogens (tertiary/aromatic N) is 5. The maximum atomic E-state index is 14.2. The van der Waals surface area contributed by atoms with Crippen LogP contribution in [0.15, 0.2) is 12.1 Å². The van der Waals surface area contributed by atoms with E-state index in [9.17, 15) is 4.39 Å². The van der Waals surface area contributed by atoms with E-state index in [1.54, 1.807) is 18.0 Å². The van der Waals surface area contributed by atoms with E-state index >= 15 is 0 Å². The molecule has 2 aromatic rings. The summed E-state index contributed by atoms with van der Waals surface area (Å²) in [5.41, 5.74) is 5.13. The van der Waals surface area contributed by atoms with E-state index in [2.05, 4.69) is 22.3 Å². The van der Waals surface area contributed by atoms with Gasteiger partial charge in [0.05, 0.1) is 16.9 Å². The van der Waals surface area contributed by atoms with Crippen molar-refractivity contribution in [1.29, 1.82) is 10.7 Å². The van der Waals surface area contributed by atoms with E-state index in [-0.39, 0.29) is 5.17 Å². The molecular formula is C21H28FN7S. The van der Waals surface area contributed by atoms with Gasteiger partial charge in [-0.05, 0) is 50.6 Å². The fourth-order valence-corrected chi connectivity index (χ4v) is 5.05. The topological polar surface area (TPSA) is 83.5 Å². The van der Waals surface area contributed by atoms with Crippen molar-refractivity contribution in [2.75, 3.05) is 43.0 Å². The summed E-state index contributed by atoms with van der Waals surface area (Å²) in [6.07, 6.45) is 1.89. The first-order chi connectivity index (χ1) is 14.2. The van der Waals surface area contributed by atoms with Crippen molar-refractivity contribution >= 4 is 33.8 Å². The number of thioether (sulfide) groups is 1. The van der Waals surface area contributed by atoms with Gasteiger partial charge in [-0.15, -0.1) is 0 Å². The smallest absolute Gasteiger partial charge is 0.245 e. The van der Waals surface area contributed by atoms with Crippen molar-refractivity contribution in [3.63, 3.8) is 0 Å². The van der Waals surface area contributed by atoms with Crippen LogP contribution in [0.2, 0.25) is 0 Å². The summed E-state index contributed by atoms with van der Waals surface area (Å²) in [4.78, 5) is 4.08. The molecule has 2 N–H and O–H groups in total. The summed E-state index contributed by atoms with van der Waals surface area (Å²) in [7, 11) is 1.74. The summed E-state index contributed by atoms with van der Waals surface area (Å²) >= 11 is 0.607. The van der Waals surface area contributed by atoms with Gasteiger partial charge >= 0.3 is 0 Å². The Morgan fingerprint density at radius 3 is 2.80 bits per heavy atom. The zero-order valence-electron chi connectivity index (χ0n) is 17.9. The molecule has 0 amide bonds. The lowest BCUT2D eigenvalue weighted by molar-refractivity contribution is 0.200. The predicted molar refractivity (Wildman–Crippen MR) is 120 cm³/mol. The van der Waals surface area contributed by atoms with Crippen LogP contribution in [0.25, 0.3) is 5.52 Å². The van der Waals surface area contributed by atoms with Gasteiger partial charge in [-0.25, -0.2) is 8.91 Å². The maximum Gasteiger partial charge on any atom is 0.245 e. The number of aromatic nitrogens is 2. The monoisotopic (exact) mass is 429 g/mol. The second kappa shape index (κ2) is 7.43. The molecule has 2 aromatic heterocycles. The molecule has 1 atom stereocenters. The number of amidine groups is 1. The molecule has 30 heavy (non-hydrogen) atoms. The third-order valence-corrected chi connectivity index (χ3v) is 7.15. The maximum absolute atomic E-state index is 14.2. The molecule has 7 nitrogen and oxygen atoms in total.